The minimum atomic E-state index is 1.32. The molecular formula is C18H40. The smallest absolute Gasteiger partial charge is 0.0533 e. The van der Waals surface area contributed by atoms with Crippen molar-refractivity contribution in [3.8, 4) is 0 Å². The van der Waals surface area contributed by atoms with Crippen LogP contribution in [0.1, 0.15) is 118 Å². The van der Waals surface area contributed by atoms with E-state index < -0.39 is 0 Å². The Kier molecular flexibility index (Phi) is 25.1. The summed E-state index contributed by atoms with van der Waals surface area (Å²) in [7, 11) is 0. The van der Waals surface area contributed by atoms with E-state index >= 15 is 0 Å². The van der Waals surface area contributed by atoms with Crippen LogP contribution in [0.5, 0.6) is 0 Å². The van der Waals surface area contributed by atoms with Gasteiger partial charge in [-0.2, -0.15) is 0 Å². The highest BCUT2D eigenvalue weighted by Gasteiger charge is 1.96. The summed E-state index contributed by atoms with van der Waals surface area (Å²) in [5.41, 5.74) is 0. The summed E-state index contributed by atoms with van der Waals surface area (Å²) in [6, 6.07) is 0. The molecule has 2 saturated carbocycles. The quantitative estimate of drug-likeness (QED) is 0.455. The van der Waals surface area contributed by atoms with E-state index in [-0.39, 0.29) is 0 Å². The summed E-state index contributed by atoms with van der Waals surface area (Å²) in [5.74, 6) is 0. The second-order valence-corrected chi connectivity index (χ2v) is 5.24. The topological polar surface area (TPSA) is 0 Å². The predicted octanol–water partition coefficient (Wildman–Crippen LogP) is 7.51. The van der Waals surface area contributed by atoms with Crippen LogP contribution in [0.15, 0.2) is 0 Å². The predicted molar refractivity (Wildman–Crippen MR) is 87.3 cm³/mol. The number of hydrogen-bond donors (Lipinski definition) is 0. The summed E-state index contributed by atoms with van der Waals surface area (Å²) >= 11 is 0. The van der Waals surface area contributed by atoms with Crippen molar-refractivity contribution in [2.75, 3.05) is 0 Å². The highest BCUT2D eigenvalue weighted by atomic mass is 14.0. The van der Waals surface area contributed by atoms with Gasteiger partial charge in [-0.3, -0.25) is 0 Å². The number of unbranched alkanes of at least 4 members (excludes halogenated alkanes) is 1. The third kappa shape index (κ3) is 21.3. The van der Waals surface area contributed by atoms with E-state index in [1.807, 2.05) is 13.8 Å². The molecular weight excluding hydrogens is 216 g/mol. The molecule has 0 spiro atoms. The lowest BCUT2D eigenvalue weighted by molar-refractivity contribution is 0.504. The van der Waals surface area contributed by atoms with Gasteiger partial charge in [-0.1, -0.05) is 118 Å². The molecule has 2 aliphatic rings. The Labute approximate surface area is 118 Å². The van der Waals surface area contributed by atoms with Gasteiger partial charge < -0.3 is 0 Å². The maximum Gasteiger partial charge on any atom is -0.0533 e. The molecule has 0 atom stereocenters. The second-order valence-electron chi connectivity index (χ2n) is 5.24. The first-order chi connectivity index (χ1) is 8.91. The van der Waals surface area contributed by atoms with Crippen LogP contribution in [-0.2, 0) is 0 Å². The Hall–Kier alpha value is 0. The lowest BCUT2D eigenvalue weighted by Gasteiger charge is -2.05. The van der Waals surface area contributed by atoms with Gasteiger partial charge in [0.15, 0.2) is 0 Å². The van der Waals surface area contributed by atoms with Crippen molar-refractivity contribution in [1.82, 2.24) is 0 Å². The minimum Gasteiger partial charge on any atom is -0.0683 e. The first-order valence-corrected chi connectivity index (χ1v) is 8.91. The summed E-state index contributed by atoms with van der Waals surface area (Å²) in [5, 5.41) is 0. The van der Waals surface area contributed by atoms with E-state index in [1.165, 1.54) is 89.9 Å². The first-order valence-electron chi connectivity index (χ1n) is 8.91. The third-order valence-electron chi connectivity index (χ3n) is 3.50. The molecule has 0 bridgehead atoms. The molecule has 0 saturated heterocycles. The van der Waals surface area contributed by atoms with Crippen LogP contribution >= 0.6 is 0 Å². The van der Waals surface area contributed by atoms with Crippen LogP contribution in [0.2, 0.25) is 0 Å². The van der Waals surface area contributed by atoms with Gasteiger partial charge in [0.25, 0.3) is 0 Å². The standard InChI is InChI=1S/2C6H12.C4H10.C2H6/c2*1-2-4-6-5-3-1;1-3-4-2;1-2/h2*1-6H2;3-4H2,1-2H3;1-2H3. The molecule has 0 heterocycles. The van der Waals surface area contributed by atoms with Crippen molar-refractivity contribution in [1.29, 1.82) is 0 Å². The Morgan fingerprint density at radius 3 is 0.556 bits per heavy atom. The Morgan fingerprint density at radius 1 is 0.389 bits per heavy atom. The van der Waals surface area contributed by atoms with E-state index in [9.17, 15) is 0 Å². The monoisotopic (exact) mass is 256 g/mol. The average molecular weight is 257 g/mol. The zero-order valence-electron chi connectivity index (χ0n) is 13.9. The summed E-state index contributed by atoms with van der Waals surface area (Å²) in [4.78, 5) is 0. The summed E-state index contributed by atoms with van der Waals surface area (Å²) in [6.07, 6.45) is 20.6. The summed E-state index contributed by atoms with van der Waals surface area (Å²) in [6.45, 7) is 8.36. The van der Waals surface area contributed by atoms with Crippen molar-refractivity contribution >= 4 is 0 Å². The SMILES string of the molecule is C1CCCCC1.C1CCCCC1.CC.CCCC. The molecule has 0 heteroatoms. The van der Waals surface area contributed by atoms with Gasteiger partial charge in [0.05, 0.1) is 0 Å². The molecule has 2 fully saturated rings. The van der Waals surface area contributed by atoms with E-state index in [0.717, 1.165) is 0 Å². The number of rotatable bonds is 1. The zero-order valence-corrected chi connectivity index (χ0v) is 13.9. The van der Waals surface area contributed by atoms with E-state index in [4.69, 9.17) is 0 Å². The van der Waals surface area contributed by atoms with Gasteiger partial charge in [0.2, 0.25) is 0 Å². The Morgan fingerprint density at radius 2 is 0.500 bits per heavy atom. The normalized spacial score (nSPS) is 18.0. The fourth-order valence-electron chi connectivity index (χ4n) is 2.12. The molecule has 2 rings (SSSR count). The zero-order chi connectivity index (χ0) is 13.9. The molecule has 0 unspecified atom stereocenters. The van der Waals surface area contributed by atoms with Crippen molar-refractivity contribution in [2.45, 2.75) is 118 Å². The fraction of sp³-hybridized carbons (Fsp3) is 1.00. The molecule has 0 radical (unpaired) electrons. The van der Waals surface area contributed by atoms with E-state index in [1.54, 1.807) is 0 Å². The first kappa shape index (κ1) is 20.3. The Bertz CT molecular complexity index is 61.6. The largest absolute Gasteiger partial charge is 0.0683 e. The van der Waals surface area contributed by atoms with Crippen LogP contribution < -0.4 is 0 Å². The van der Waals surface area contributed by atoms with Crippen LogP contribution in [0.4, 0.5) is 0 Å². The van der Waals surface area contributed by atoms with E-state index in [2.05, 4.69) is 13.8 Å². The molecule has 0 amide bonds. The van der Waals surface area contributed by atoms with Crippen molar-refractivity contribution in [3.05, 3.63) is 0 Å². The van der Waals surface area contributed by atoms with Crippen LogP contribution in [0, 0.1) is 0 Å². The molecule has 2 aliphatic carbocycles. The van der Waals surface area contributed by atoms with Gasteiger partial charge in [0.1, 0.15) is 0 Å². The van der Waals surface area contributed by atoms with Crippen LogP contribution in [-0.4, -0.2) is 0 Å². The van der Waals surface area contributed by atoms with Crippen molar-refractivity contribution < 1.29 is 0 Å². The van der Waals surface area contributed by atoms with E-state index in [0.29, 0.717) is 0 Å². The van der Waals surface area contributed by atoms with Gasteiger partial charge >= 0.3 is 0 Å². The summed E-state index contributed by atoms with van der Waals surface area (Å²) < 4.78 is 0. The highest BCUT2D eigenvalue weighted by Crippen LogP contribution is 2.15. The van der Waals surface area contributed by atoms with Crippen LogP contribution in [0.3, 0.4) is 0 Å². The molecule has 0 aromatic heterocycles. The molecule has 0 aromatic rings. The molecule has 0 nitrogen and oxygen atoms in total. The molecule has 0 N–H and O–H groups in total. The third-order valence-corrected chi connectivity index (χ3v) is 3.50. The van der Waals surface area contributed by atoms with Gasteiger partial charge in [-0.05, 0) is 0 Å². The van der Waals surface area contributed by atoms with Gasteiger partial charge in [-0.25, -0.2) is 0 Å². The lowest BCUT2D eigenvalue weighted by Crippen LogP contribution is -1.85. The van der Waals surface area contributed by atoms with Crippen molar-refractivity contribution in [3.63, 3.8) is 0 Å². The van der Waals surface area contributed by atoms with Gasteiger partial charge in [-0.15, -0.1) is 0 Å². The molecule has 0 aliphatic heterocycles. The minimum absolute atomic E-state index is 1.32. The lowest BCUT2D eigenvalue weighted by atomic mass is 10.0. The number of hydrogen-bond acceptors (Lipinski definition) is 0. The Balaban J connectivity index is 0. The van der Waals surface area contributed by atoms with Gasteiger partial charge in [0, 0.05) is 0 Å². The second kappa shape index (κ2) is 22.2. The maximum absolute atomic E-state index is 2.18. The maximum atomic E-state index is 2.18. The molecule has 0 aromatic carbocycles. The fourth-order valence-corrected chi connectivity index (χ4v) is 2.12. The molecule has 112 valence electrons. The molecule has 18 heavy (non-hydrogen) atoms. The van der Waals surface area contributed by atoms with Crippen LogP contribution in [0.25, 0.3) is 0 Å². The average Bonchev–Trinajstić information content (AvgIpc) is 2.53. The highest BCUT2D eigenvalue weighted by molar-refractivity contribution is 4.51. The van der Waals surface area contributed by atoms with Crippen molar-refractivity contribution in [2.24, 2.45) is 0 Å².